The van der Waals surface area contributed by atoms with Crippen molar-refractivity contribution in [3.05, 3.63) is 56.7 Å². The number of halogens is 4. The van der Waals surface area contributed by atoms with Gasteiger partial charge in [-0.25, -0.2) is 19.0 Å². The highest BCUT2D eigenvalue weighted by Crippen LogP contribution is 2.29. The minimum Gasteiger partial charge on any atom is -0.462 e. The fourth-order valence-corrected chi connectivity index (χ4v) is 2.71. The number of aromatic nitrogens is 4. The van der Waals surface area contributed by atoms with E-state index >= 15 is 0 Å². The summed E-state index contributed by atoms with van der Waals surface area (Å²) in [5.74, 6) is -0.565. The molecule has 0 atom stereocenters. The molecule has 3 aromatic heterocycles. The van der Waals surface area contributed by atoms with Crippen molar-refractivity contribution in [3.8, 4) is 5.82 Å². The number of carbonyl (C=O) groups excluding carboxylic acids is 1. The molecule has 136 valence electrons. The van der Waals surface area contributed by atoms with Crippen molar-refractivity contribution >= 4 is 27.5 Å². The predicted octanol–water partition coefficient (Wildman–Crippen LogP) is 2.84. The third kappa shape index (κ3) is 3.21. The molecular weight excluding hydrogens is 421 g/mol. The molecule has 0 fully saturated rings. The van der Waals surface area contributed by atoms with Gasteiger partial charge in [-0.15, -0.1) is 5.10 Å². The molecule has 7 nitrogen and oxygen atoms in total. The van der Waals surface area contributed by atoms with Gasteiger partial charge < -0.3 is 4.74 Å². The van der Waals surface area contributed by atoms with Gasteiger partial charge in [0, 0.05) is 12.4 Å². The number of pyridine rings is 2. The first-order valence-corrected chi connectivity index (χ1v) is 8.03. The van der Waals surface area contributed by atoms with Gasteiger partial charge in [-0.3, -0.25) is 0 Å². The average Bonchev–Trinajstić information content (AvgIpc) is 2.90. The molecule has 26 heavy (non-hydrogen) atoms. The topological polar surface area (TPSA) is 78.5 Å². The molecule has 0 spiro atoms. The molecule has 0 amide bonds. The Kier molecular flexibility index (Phi) is 4.57. The zero-order chi connectivity index (χ0) is 19.1. The van der Waals surface area contributed by atoms with Gasteiger partial charge in [0.2, 0.25) is 0 Å². The summed E-state index contributed by atoms with van der Waals surface area (Å²) in [6, 6.07) is 3.30. The lowest BCUT2D eigenvalue weighted by Crippen LogP contribution is -2.21. The third-order valence-electron chi connectivity index (χ3n) is 3.38. The van der Waals surface area contributed by atoms with E-state index in [9.17, 15) is 22.8 Å². The average molecular weight is 431 g/mol. The van der Waals surface area contributed by atoms with Crippen molar-refractivity contribution in [3.63, 3.8) is 0 Å². The number of hydrogen-bond acceptors (Lipinski definition) is 5. The molecule has 3 aromatic rings. The molecule has 11 heteroatoms. The molecule has 0 saturated carbocycles. The monoisotopic (exact) mass is 430 g/mol. The van der Waals surface area contributed by atoms with Crippen molar-refractivity contribution in [1.82, 2.24) is 19.2 Å². The zero-order valence-electron chi connectivity index (χ0n) is 13.1. The molecule has 0 aromatic carbocycles. The van der Waals surface area contributed by atoms with E-state index in [1.165, 1.54) is 12.3 Å². The molecule has 0 aliphatic heterocycles. The molecule has 3 heterocycles. The van der Waals surface area contributed by atoms with Gasteiger partial charge in [-0.1, -0.05) is 0 Å². The molecule has 0 unspecified atom stereocenters. The van der Waals surface area contributed by atoms with Crippen LogP contribution in [0.2, 0.25) is 0 Å². The Morgan fingerprint density at radius 1 is 1.35 bits per heavy atom. The van der Waals surface area contributed by atoms with Crippen molar-refractivity contribution < 1.29 is 22.7 Å². The SMILES string of the molecule is CCOC(=O)c1cnc(-n2nc3ccc(C(F)(F)F)cn3c2=O)c(Br)c1. The lowest BCUT2D eigenvalue weighted by molar-refractivity contribution is -0.137. The molecule has 0 saturated heterocycles. The Morgan fingerprint density at radius 3 is 2.69 bits per heavy atom. The van der Waals surface area contributed by atoms with Gasteiger partial charge in [0.05, 0.1) is 22.2 Å². The lowest BCUT2D eigenvalue weighted by Gasteiger charge is -2.05. The van der Waals surface area contributed by atoms with Gasteiger partial charge in [0.15, 0.2) is 11.5 Å². The van der Waals surface area contributed by atoms with Crippen LogP contribution in [0, 0.1) is 0 Å². The number of esters is 1. The van der Waals surface area contributed by atoms with E-state index in [0.29, 0.717) is 6.20 Å². The maximum atomic E-state index is 12.8. The van der Waals surface area contributed by atoms with Gasteiger partial charge in [0.1, 0.15) is 0 Å². The normalized spacial score (nSPS) is 11.7. The molecule has 0 bridgehead atoms. The van der Waals surface area contributed by atoms with E-state index in [4.69, 9.17) is 4.74 Å². The summed E-state index contributed by atoms with van der Waals surface area (Å²) in [5, 5.41) is 3.97. The van der Waals surface area contributed by atoms with Gasteiger partial charge >= 0.3 is 17.8 Å². The standard InChI is InChI=1S/C15H10BrF3N4O3/c1-2-26-13(24)8-5-10(16)12(20-6-8)23-14(25)22-7-9(15(17,18)19)3-4-11(22)21-23/h3-7H,2H2,1H3. The minimum absolute atomic E-state index is 0.0196. The number of hydrogen-bond donors (Lipinski definition) is 0. The summed E-state index contributed by atoms with van der Waals surface area (Å²) in [7, 11) is 0. The van der Waals surface area contributed by atoms with E-state index < -0.39 is 23.4 Å². The maximum Gasteiger partial charge on any atom is 0.417 e. The van der Waals surface area contributed by atoms with Gasteiger partial charge in [0.25, 0.3) is 0 Å². The number of carbonyl (C=O) groups is 1. The molecule has 3 rings (SSSR count). The van der Waals surface area contributed by atoms with Crippen LogP contribution in [0.15, 0.2) is 39.9 Å². The van der Waals surface area contributed by atoms with Crippen LogP contribution in [0.5, 0.6) is 0 Å². The van der Waals surface area contributed by atoms with E-state index in [-0.39, 0.29) is 28.1 Å². The Balaban J connectivity index is 2.10. The summed E-state index contributed by atoms with van der Waals surface area (Å²) in [4.78, 5) is 28.1. The van der Waals surface area contributed by atoms with E-state index in [1.807, 2.05) is 0 Å². The van der Waals surface area contributed by atoms with Gasteiger partial charge in [-0.2, -0.15) is 17.9 Å². The number of fused-ring (bicyclic) bond motifs is 1. The summed E-state index contributed by atoms with van der Waals surface area (Å²) < 4.78 is 45.2. The molecule has 0 aliphatic rings. The first-order chi connectivity index (χ1) is 12.2. The van der Waals surface area contributed by atoms with Crippen LogP contribution < -0.4 is 5.69 Å². The first-order valence-electron chi connectivity index (χ1n) is 7.24. The highest BCUT2D eigenvalue weighted by Gasteiger charge is 2.31. The Labute approximate surface area is 152 Å². The van der Waals surface area contributed by atoms with Crippen molar-refractivity contribution in [2.24, 2.45) is 0 Å². The Bertz CT molecular complexity index is 1060. The summed E-state index contributed by atoms with van der Waals surface area (Å²) in [5.41, 5.74) is -1.63. The largest absolute Gasteiger partial charge is 0.462 e. The predicted molar refractivity (Wildman–Crippen MR) is 87.2 cm³/mol. The Hall–Kier alpha value is -2.69. The quantitative estimate of drug-likeness (QED) is 0.597. The van der Waals surface area contributed by atoms with E-state index in [2.05, 4.69) is 26.0 Å². The molecule has 0 aliphatic carbocycles. The highest BCUT2D eigenvalue weighted by atomic mass is 79.9. The van der Waals surface area contributed by atoms with Crippen LogP contribution in [0.3, 0.4) is 0 Å². The van der Waals surface area contributed by atoms with E-state index in [1.54, 1.807) is 6.92 Å². The summed E-state index contributed by atoms with van der Waals surface area (Å²) >= 11 is 3.18. The van der Waals surface area contributed by atoms with Crippen LogP contribution in [-0.2, 0) is 10.9 Å². The smallest absolute Gasteiger partial charge is 0.417 e. The number of rotatable bonds is 3. The van der Waals surface area contributed by atoms with Crippen LogP contribution in [-0.4, -0.2) is 31.7 Å². The van der Waals surface area contributed by atoms with E-state index in [0.717, 1.165) is 21.2 Å². The lowest BCUT2D eigenvalue weighted by atomic mass is 10.3. The summed E-state index contributed by atoms with van der Waals surface area (Å²) in [6.07, 6.45) is -2.73. The second-order valence-electron chi connectivity index (χ2n) is 5.09. The minimum atomic E-state index is -4.59. The first kappa shape index (κ1) is 18.1. The highest BCUT2D eigenvalue weighted by molar-refractivity contribution is 9.10. The van der Waals surface area contributed by atoms with Crippen LogP contribution in [0.25, 0.3) is 11.5 Å². The van der Waals surface area contributed by atoms with Gasteiger partial charge in [-0.05, 0) is 41.1 Å². The van der Waals surface area contributed by atoms with Crippen LogP contribution in [0.1, 0.15) is 22.8 Å². The zero-order valence-corrected chi connectivity index (χ0v) is 14.7. The number of nitrogens with zero attached hydrogens (tertiary/aromatic N) is 4. The number of ether oxygens (including phenoxy) is 1. The molecule has 0 N–H and O–H groups in total. The molecule has 0 radical (unpaired) electrons. The summed E-state index contributed by atoms with van der Waals surface area (Å²) in [6.45, 7) is 1.84. The number of alkyl halides is 3. The maximum absolute atomic E-state index is 12.8. The van der Waals surface area contributed by atoms with Crippen LogP contribution in [0.4, 0.5) is 13.2 Å². The third-order valence-corrected chi connectivity index (χ3v) is 3.96. The Morgan fingerprint density at radius 2 is 2.08 bits per heavy atom. The van der Waals surface area contributed by atoms with Crippen molar-refractivity contribution in [2.75, 3.05) is 6.61 Å². The van der Waals surface area contributed by atoms with Crippen molar-refractivity contribution in [1.29, 1.82) is 0 Å². The van der Waals surface area contributed by atoms with Crippen molar-refractivity contribution in [2.45, 2.75) is 13.1 Å². The fraction of sp³-hybridized carbons (Fsp3) is 0.200. The van der Waals surface area contributed by atoms with Crippen LogP contribution >= 0.6 is 15.9 Å². The second kappa shape index (κ2) is 6.56. The second-order valence-corrected chi connectivity index (χ2v) is 5.94. The molecular formula is C15H10BrF3N4O3. The fourth-order valence-electron chi connectivity index (χ4n) is 2.19.